The molecule has 0 atom stereocenters. The summed E-state index contributed by atoms with van der Waals surface area (Å²) in [5.41, 5.74) is 30.4. The minimum absolute atomic E-state index is 0.878. The number of nitrogens with zero attached hydrogens (tertiary/aromatic N) is 6. The first-order chi connectivity index (χ1) is 49.5. The molecule has 0 fully saturated rings. The lowest BCUT2D eigenvalue weighted by molar-refractivity contribution is 0.725. The van der Waals surface area contributed by atoms with E-state index >= 15 is 0 Å². The molecule has 0 aromatic heterocycles. The summed E-state index contributed by atoms with van der Waals surface area (Å²) in [5.74, 6) is 0. The van der Waals surface area contributed by atoms with Gasteiger partial charge in [-0.2, -0.15) is 0 Å². The first-order valence-corrected chi connectivity index (χ1v) is 34.5. The van der Waals surface area contributed by atoms with E-state index in [1.165, 1.54) is 66.8 Å². The van der Waals surface area contributed by atoms with Crippen LogP contribution >= 0.6 is 0 Å². The second-order valence-corrected chi connectivity index (χ2v) is 26.5. The van der Waals surface area contributed by atoms with E-state index in [-0.39, 0.29) is 0 Å². The summed E-state index contributed by atoms with van der Waals surface area (Å²) in [5, 5.41) is 0. The van der Waals surface area contributed by atoms with Gasteiger partial charge in [-0.1, -0.05) is 206 Å². The summed E-state index contributed by atoms with van der Waals surface area (Å²) >= 11 is 0. The Labute approximate surface area is 584 Å². The van der Waals surface area contributed by atoms with Gasteiger partial charge in [0.15, 0.2) is 0 Å². The molecule has 15 aromatic rings. The lowest BCUT2D eigenvalue weighted by Gasteiger charge is -2.48. The molecule has 0 saturated heterocycles. The Morgan fingerprint density at radius 2 is 0.370 bits per heavy atom. The van der Waals surface area contributed by atoms with Crippen molar-refractivity contribution < 1.29 is 0 Å². The third-order valence-corrected chi connectivity index (χ3v) is 21.3. The van der Waals surface area contributed by atoms with Gasteiger partial charge in [0.1, 0.15) is 0 Å². The average molecular weight is 1280 g/mol. The van der Waals surface area contributed by atoms with E-state index in [1.807, 2.05) is 0 Å². The lowest BCUT2D eigenvalue weighted by atomic mass is 9.61. The zero-order chi connectivity index (χ0) is 66.5. The van der Waals surface area contributed by atoms with Gasteiger partial charge >= 0.3 is 0 Å². The molecule has 2 aliphatic heterocycles. The molecule has 0 saturated carbocycles. The van der Waals surface area contributed by atoms with Crippen LogP contribution in [0.4, 0.5) is 91.0 Å². The summed E-state index contributed by atoms with van der Waals surface area (Å²) in [6.07, 6.45) is 0. The maximum atomic E-state index is 2.62. The highest BCUT2D eigenvalue weighted by molar-refractivity contribution is 6.01. The third-order valence-electron chi connectivity index (χ3n) is 21.3. The van der Waals surface area contributed by atoms with E-state index in [9.17, 15) is 0 Å². The first kappa shape index (κ1) is 58.5. The van der Waals surface area contributed by atoms with Crippen molar-refractivity contribution in [2.75, 3.05) is 43.5 Å². The van der Waals surface area contributed by atoms with E-state index in [0.29, 0.717) is 0 Å². The van der Waals surface area contributed by atoms with Crippen LogP contribution in [0, 0.1) is 0 Å². The van der Waals surface area contributed by atoms with E-state index in [2.05, 4.69) is 420 Å². The van der Waals surface area contributed by atoms with Crippen molar-refractivity contribution in [1.29, 1.82) is 0 Å². The molecule has 6 nitrogen and oxygen atoms in total. The van der Waals surface area contributed by atoms with Gasteiger partial charge in [-0.3, -0.25) is 0 Å². The molecule has 0 N–H and O–H groups in total. The number of hydrogen-bond donors (Lipinski definition) is 0. The minimum atomic E-state index is -0.878. The van der Waals surface area contributed by atoms with Gasteiger partial charge in [0.2, 0.25) is 0 Å². The van der Waals surface area contributed by atoms with Crippen LogP contribution in [-0.4, -0.2) is 14.1 Å². The largest absolute Gasteiger partial charge is 0.344 e. The number of benzene rings is 15. The van der Waals surface area contributed by atoms with Crippen molar-refractivity contribution >= 4 is 91.0 Å². The Kier molecular flexibility index (Phi) is 13.7. The van der Waals surface area contributed by atoms with Crippen LogP contribution in [0.3, 0.4) is 0 Å². The van der Waals surface area contributed by atoms with Crippen LogP contribution < -0.4 is 29.4 Å². The number of fused-ring (bicyclic) bond motifs is 18. The molecule has 0 unspecified atom stereocenters. The van der Waals surface area contributed by atoms with Gasteiger partial charge in [0, 0.05) is 105 Å². The number of anilines is 16. The van der Waals surface area contributed by atoms with Crippen LogP contribution in [-0.2, 0) is 10.8 Å². The van der Waals surface area contributed by atoms with Gasteiger partial charge in [0.25, 0.3) is 0 Å². The fourth-order valence-corrected chi connectivity index (χ4v) is 17.2. The quantitative estimate of drug-likeness (QED) is 0.121. The summed E-state index contributed by atoms with van der Waals surface area (Å²) < 4.78 is 0. The van der Waals surface area contributed by atoms with E-state index in [0.717, 1.165) is 91.0 Å². The summed E-state index contributed by atoms with van der Waals surface area (Å²) in [7, 11) is 4.60. The van der Waals surface area contributed by atoms with E-state index in [4.69, 9.17) is 0 Å². The molecule has 4 aliphatic rings. The molecule has 0 radical (unpaired) electrons. The lowest BCUT2D eigenvalue weighted by Crippen LogP contribution is -2.40. The molecule has 2 spiro atoms. The smallest absolute Gasteiger partial charge is 0.0756 e. The minimum Gasteiger partial charge on any atom is -0.344 e. The van der Waals surface area contributed by atoms with Gasteiger partial charge in [0.05, 0.1) is 10.8 Å². The van der Waals surface area contributed by atoms with Crippen molar-refractivity contribution in [3.05, 3.63) is 421 Å². The van der Waals surface area contributed by atoms with Crippen molar-refractivity contribution in [3.63, 3.8) is 0 Å². The molecular weight excluding hydrogens is 1210 g/mol. The summed E-state index contributed by atoms with van der Waals surface area (Å²) in [4.78, 5) is 14.7. The molecule has 15 aromatic carbocycles. The predicted octanol–water partition coefficient (Wildman–Crippen LogP) is 24.5. The Balaban J connectivity index is 0.931. The normalized spacial score (nSPS) is 13.4. The molecule has 19 rings (SSSR count). The van der Waals surface area contributed by atoms with Gasteiger partial charge in [-0.25, -0.2) is 0 Å². The van der Waals surface area contributed by atoms with Crippen LogP contribution in [0.15, 0.2) is 376 Å². The van der Waals surface area contributed by atoms with Crippen LogP contribution in [0.5, 0.6) is 0 Å². The molecule has 100 heavy (non-hydrogen) atoms. The first-order valence-electron chi connectivity index (χ1n) is 34.5. The molecule has 6 heteroatoms. The summed E-state index contributed by atoms with van der Waals surface area (Å²) in [6.45, 7) is 0. The fraction of sp³-hybridized carbons (Fsp3) is 0.0426. The molecular formula is C94H68N6. The molecule has 2 aliphatic carbocycles. The highest BCUT2D eigenvalue weighted by Gasteiger charge is 2.56. The topological polar surface area (TPSA) is 19.4 Å². The Morgan fingerprint density at radius 3 is 0.590 bits per heavy atom. The Bertz CT molecular complexity index is 4820. The zero-order valence-corrected chi connectivity index (χ0v) is 55.5. The van der Waals surface area contributed by atoms with Gasteiger partial charge in [-0.05, 0) is 237 Å². The predicted molar refractivity (Wildman–Crippen MR) is 416 cm³/mol. The van der Waals surface area contributed by atoms with Crippen LogP contribution in [0.1, 0.15) is 44.5 Å². The van der Waals surface area contributed by atoms with Crippen molar-refractivity contribution in [3.8, 4) is 22.3 Å². The van der Waals surface area contributed by atoms with Gasteiger partial charge in [-0.15, -0.1) is 0 Å². The molecule has 0 amide bonds. The molecule has 2 heterocycles. The highest BCUT2D eigenvalue weighted by atomic mass is 15.2. The SMILES string of the molecule is CN1c2ccccc2C2(c3cc(N(c4ccccc4)c4ccccc4)ccc3-c3ccc(N(c4ccccc4)c4ccccc4)cc32)c2cc3c(cc21)C1(c2cc(N(c4ccccc4)c4ccccc4)ccc2-c2ccc(N(c4ccccc4)c4ccccc4)cc21)c1ccccc1N3C. The van der Waals surface area contributed by atoms with Crippen LogP contribution in [0.25, 0.3) is 22.3 Å². The van der Waals surface area contributed by atoms with Crippen LogP contribution in [0.2, 0.25) is 0 Å². The Morgan fingerprint density at radius 1 is 0.170 bits per heavy atom. The molecule has 0 bridgehead atoms. The van der Waals surface area contributed by atoms with Crippen molar-refractivity contribution in [2.24, 2.45) is 0 Å². The highest BCUT2D eigenvalue weighted by Crippen LogP contribution is 2.69. The maximum Gasteiger partial charge on any atom is 0.0756 e. The monoisotopic (exact) mass is 1280 g/mol. The zero-order valence-electron chi connectivity index (χ0n) is 55.5. The van der Waals surface area contributed by atoms with E-state index < -0.39 is 10.8 Å². The van der Waals surface area contributed by atoms with Crippen molar-refractivity contribution in [1.82, 2.24) is 0 Å². The summed E-state index contributed by atoms with van der Waals surface area (Å²) in [6, 6.07) is 140. The second kappa shape index (κ2) is 23.4. The Hall–Kier alpha value is -12.9. The average Bonchev–Trinajstić information content (AvgIpc) is 1.43. The standard InChI is InChI=1S/C94H68N6/c1-95-89-49-29-27-47-81(89)93(83-59-73(97(65-31-11-3-12-32-65)66-33-13-4-14-34-66)51-55-77(83)78-56-52-74(60-84(78)93)98(67-35-15-5-16-36-67)68-37-17-6-18-38-68)87-64-92-88(63-91(87)95)94(82-48-28-30-50-90(82)96(92)2)85-61-75(99(69-39-19-7-20-40-69)70-41-21-8-22-42-70)53-57-79(85)80-58-54-76(62-86(80)94)100(71-43-23-9-24-44-71)72-45-25-10-26-46-72/h3-64H,1-2H3. The van der Waals surface area contributed by atoms with E-state index in [1.54, 1.807) is 0 Å². The molecule has 474 valence electrons. The van der Waals surface area contributed by atoms with Gasteiger partial charge < -0.3 is 29.4 Å². The third kappa shape index (κ3) is 8.83. The number of rotatable bonds is 12. The maximum absolute atomic E-state index is 2.62. The fourth-order valence-electron chi connectivity index (χ4n) is 17.2. The second-order valence-electron chi connectivity index (χ2n) is 26.5. The van der Waals surface area contributed by atoms with Crippen molar-refractivity contribution in [2.45, 2.75) is 10.8 Å². The number of hydrogen-bond acceptors (Lipinski definition) is 6. The number of para-hydroxylation sites is 10.